The molecule has 0 amide bonds. The number of rotatable bonds is 5. The van der Waals surface area contributed by atoms with E-state index in [9.17, 15) is 4.79 Å². The molecule has 20 heavy (non-hydrogen) atoms. The Hall–Kier alpha value is -2.47. The fourth-order valence-electron chi connectivity index (χ4n) is 1.64. The summed E-state index contributed by atoms with van der Waals surface area (Å²) >= 11 is 0. The van der Waals surface area contributed by atoms with Crippen molar-refractivity contribution in [3.8, 4) is 11.6 Å². The Morgan fingerprint density at radius 1 is 1.30 bits per heavy atom. The number of aliphatic hydroxyl groups is 1. The first kappa shape index (κ1) is 14.0. The SMILES string of the molecule is COC(=O)c1cncc(Oc2ccccc2CCO)n1. The Morgan fingerprint density at radius 2 is 2.10 bits per heavy atom. The van der Waals surface area contributed by atoms with Crippen molar-refractivity contribution in [3.05, 3.63) is 47.9 Å². The van der Waals surface area contributed by atoms with Crippen LogP contribution in [0.5, 0.6) is 11.6 Å². The maximum absolute atomic E-state index is 11.4. The number of nitrogens with zero attached hydrogens (tertiary/aromatic N) is 2. The summed E-state index contributed by atoms with van der Waals surface area (Å²) in [5, 5.41) is 9.01. The lowest BCUT2D eigenvalue weighted by Gasteiger charge is -2.09. The van der Waals surface area contributed by atoms with Crippen LogP contribution in [0, 0.1) is 0 Å². The number of carbonyl (C=O) groups is 1. The van der Waals surface area contributed by atoms with Gasteiger partial charge in [-0.3, -0.25) is 4.98 Å². The third kappa shape index (κ3) is 3.30. The summed E-state index contributed by atoms with van der Waals surface area (Å²) in [6, 6.07) is 7.28. The van der Waals surface area contributed by atoms with Crippen LogP contribution in [0.4, 0.5) is 0 Å². The summed E-state index contributed by atoms with van der Waals surface area (Å²) in [5.74, 6) is 0.183. The number of ether oxygens (including phenoxy) is 2. The molecule has 0 unspecified atom stereocenters. The van der Waals surface area contributed by atoms with Gasteiger partial charge in [0.2, 0.25) is 5.88 Å². The zero-order valence-corrected chi connectivity index (χ0v) is 10.9. The molecule has 0 aliphatic carbocycles. The van der Waals surface area contributed by atoms with E-state index in [1.165, 1.54) is 19.5 Å². The van der Waals surface area contributed by atoms with E-state index in [1.807, 2.05) is 18.2 Å². The van der Waals surface area contributed by atoms with Gasteiger partial charge < -0.3 is 14.6 Å². The number of aliphatic hydroxyl groups excluding tert-OH is 1. The van der Waals surface area contributed by atoms with Crippen molar-refractivity contribution >= 4 is 5.97 Å². The molecule has 1 aromatic heterocycles. The summed E-state index contributed by atoms with van der Waals surface area (Å²) in [5.41, 5.74) is 0.921. The molecule has 2 rings (SSSR count). The van der Waals surface area contributed by atoms with Crippen molar-refractivity contribution in [2.75, 3.05) is 13.7 Å². The lowest BCUT2D eigenvalue weighted by atomic mass is 10.1. The maximum atomic E-state index is 11.4. The number of methoxy groups -OCH3 is 1. The van der Waals surface area contributed by atoms with Gasteiger partial charge in [-0.2, -0.15) is 0 Å². The van der Waals surface area contributed by atoms with Crippen LogP contribution in [0.2, 0.25) is 0 Å². The first-order chi connectivity index (χ1) is 9.74. The standard InChI is InChI=1S/C14H14N2O4/c1-19-14(18)11-8-15-9-13(16-11)20-12-5-3-2-4-10(12)6-7-17/h2-5,8-9,17H,6-7H2,1H3. The third-order valence-electron chi connectivity index (χ3n) is 2.58. The molecule has 2 aromatic rings. The van der Waals surface area contributed by atoms with E-state index in [-0.39, 0.29) is 18.2 Å². The smallest absolute Gasteiger partial charge is 0.358 e. The van der Waals surface area contributed by atoms with Gasteiger partial charge in [0.05, 0.1) is 19.5 Å². The topological polar surface area (TPSA) is 81.5 Å². The van der Waals surface area contributed by atoms with Gasteiger partial charge in [0.25, 0.3) is 0 Å². The van der Waals surface area contributed by atoms with E-state index in [2.05, 4.69) is 14.7 Å². The van der Waals surface area contributed by atoms with E-state index in [1.54, 1.807) is 6.07 Å². The maximum Gasteiger partial charge on any atom is 0.358 e. The van der Waals surface area contributed by atoms with Crippen molar-refractivity contribution in [1.29, 1.82) is 0 Å². The van der Waals surface area contributed by atoms with Crippen LogP contribution in [0.15, 0.2) is 36.7 Å². The van der Waals surface area contributed by atoms with Crippen LogP contribution in [0.3, 0.4) is 0 Å². The Kier molecular flexibility index (Phi) is 4.62. The molecule has 0 saturated heterocycles. The lowest BCUT2D eigenvalue weighted by Crippen LogP contribution is -2.06. The van der Waals surface area contributed by atoms with E-state index >= 15 is 0 Å². The molecule has 1 N–H and O–H groups in total. The number of para-hydroxylation sites is 1. The Balaban J connectivity index is 2.24. The normalized spacial score (nSPS) is 10.1. The van der Waals surface area contributed by atoms with Crippen molar-refractivity contribution in [1.82, 2.24) is 9.97 Å². The minimum atomic E-state index is -0.577. The number of carbonyl (C=O) groups excluding carboxylic acids is 1. The van der Waals surface area contributed by atoms with Crippen molar-refractivity contribution in [3.63, 3.8) is 0 Å². The number of benzene rings is 1. The molecule has 0 aliphatic heterocycles. The number of aromatic nitrogens is 2. The molecule has 0 radical (unpaired) electrons. The Bertz CT molecular complexity index is 601. The fourth-order valence-corrected chi connectivity index (χ4v) is 1.64. The highest BCUT2D eigenvalue weighted by atomic mass is 16.5. The summed E-state index contributed by atoms with van der Waals surface area (Å²) in [4.78, 5) is 19.3. The molecule has 1 heterocycles. The van der Waals surface area contributed by atoms with Gasteiger partial charge in [0.1, 0.15) is 5.75 Å². The first-order valence-corrected chi connectivity index (χ1v) is 6.01. The van der Waals surface area contributed by atoms with Crippen LogP contribution in [-0.4, -0.2) is 34.8 Å². The molecule has 0 spiro atoms. The van der Waals surface area contributed by atoms with Gasteiger partial charge in [0, 0.05) is 6.61 Å². The molecule has 104 valence electrons. The Labute approximate surface area is 116 Å². The molecule has 6 nitrogen and oxygen atoms in total. The van der Waals surface area contributed by atoms with Crippen LogP contribution in [-0.2, 0) is 11.2 Å². The Morgan fingerprint density at radius 3 is 2.85 bits per heavy atom. The van der Waals surface area contributed by atoms with Gasteiger partial charge in [0.15, 0.2) is 5.69 Å². The zero-order chi connectivity index (χ0) is 14.4. The summed E-state index contributed by atoms with van der Waals surface area (Å²) < 4.78 is 10.2. The second-order valence-corrected chi connectivity index (χ2v) is 3.92. The van der Waals surface area contributed by atoms with Crippen molar-refractivity contribution < 1.29 is 19.4 Å². The molecule has 0 fully saturated rings. The molecule has 1 aromatic carbocycles. The van der Waals surface area contributed by atoms with Crippen LogP contribution >= 0.6 is 0 Å². The first-order valence-electron chi connectivity index (χ1n) is 6.01. The minimum Gasteiger partial charge on any atom is -0.464 e. The van der Waals surface area contributed by atoms with E-state index in [0.29, 0.717) is 12.2 Å². The molecular formula is C14H14N2O4. The quantitative estimate of drug-likeness (QED) is 0.834. The monoisotopic (exact) mass is 274 g/mol. The highest BCUT2D eigenvalue weighted by Gasteiger charge is 2.11. The van der Waals surface area contributed by atoms with Gasteiger partial charge >= 0.3 is 5.97 Å². The van der Waals surface area contributed by atoms with Gasteiger partial charge in [-0.1, -0.05) is 18.2 Å². The van der Waals surface area contributed by atoms with Gasteiger partial charge in [-0.15, -0.1) is 0 Å². The lowest BCUT2D eigenvalue weighted by molar-refractivity contribution is 0.0592. The number of hydrogen-bond donors (Lipinski definition) is 1. The number of hydrogen-bond acceptors (Lipinski definition) is 6. The third-order valence-corrected chi connectivity index (χ3v) is 2.58. The average molecular weight is 274 g/mol. The van der Waals surface area contributed by atoms with Gasteiger partial charge in [-0.25, -0.2) is 9.78 Å². The second-order valence-electron chi connectivity index (χ2n) is 3.92. The van der Waals surface area contributed by atoms with Crippen LogP contribution in [0.1, 0.15) is 16.1 Å². The minimum absolute atomic E-state index is 0.0221. The molecular weight excluding hydrogens is 260 g/mol. The second kappa shape index (κ2) is 6.63. The fraction of sp³-hybridized carbons (Fsp3) is 0.214. The van der Waals surface area contributed by atoms with Crippen molar-refractivity contribution in [2.45, 2.75) is 6.42 Å². The summed E-state index contributed by atoms with van der Waals surface area (Å²) in [6.07, 6.45) is 3.18. The molecule has 0 aliphatic rings. The van der Waals surface area contributed by atoms with E-state index in [4.69, 9.17) is 9.84 Å². The molecule has 0 atom stereocenters. The van der Waals surface area contributed by atoms with Gasteiger partial charge in [-0.05, 0) is 18.1 Å². The summed E-state index contributed by atoms with van der Waals surface area (Å²) in [7, 11) is 1.27. The highest BCUT2D eigenvalue weighted by Crippen LogP contribution is 2.23. The largest absolute Gasteiger partial charge is 0.464 e. The number of esters is 1. The zero-order valence-electron chi connectivity index (χ0n) is 10.9. The van der Waals surface area contributed by atoms with E-state index in [0.717, 1.165) is 5.56 Å². The molecule has 6 heteroatoms. The predicted octanol–water partition coefficient (Wildman–Crippen LogP) is 1.59. The predicted molar refractivity (Wildman–Crippen MR) is 70.7 cm³/mol. The van der Waals surface area contributed by atoms with Crippen LogP contribution in [0.25, 0.3) is 0 Å². The van der Waals surface area contributed by atoms with E-state index < -0.39 is 5.97 Å². The van der Waals surface area contributed by atoms with Crippen molar-refractivity contribution in [2.24, 2.45) is 0 Å². The molecule has 0 bridgehead atoms. The van der Waals surface area contributed by atoms with Crippen LogP contribution < -0.4 is 4.74 Å². The summed E-state index contributed by atoms with van der Waals surface area (Å²) in [6.45, 7) is 0.0221. The average Bonchev–Trinajstić information content (AvgIpc) is 2.49. The highest BCUT2D eigenvalue weighted by molar-refractivity contribution is 5.86. The molecule has 0 saturated carbocycles.